The van der Waals surface area contributed by atoms with Gasteiger partial charge in [-0.2, -0.15) is 4.98 Å². The number of ether oxygens (including phenoxy) is 1. The summed E-state index contributed by atoms with van der Waals surface area (Å²) in [4.78, 5) is 8.80. The molecule has 1 aromatic carbocycles. The van der Waals surface area contributed by atoms with Gasteiger partial charge in [0.1, 0.15) is 11.6 Å². The molecule has 140 valence electrons. The fourth-order valence-corrected chi connectivity index (χ4v) is 4.68. The standard InChI is InChI=1S/C17H21ClN4O3S/c1-10-6-14(15(25-3)8-13(10)18)21-16-7-11(2)19-17(22-16)20-12-4-5-26(23,24)9-12/h6-8,12H,4-5,9H2,1-3H3,(H2,19,20,21,22). The minimum atomic E-state index is -2.96. The topological polar surface area (TPSA) is 93.2 Å². The van der Waals surface area contributed by atoms with Gasteiger partial charge >= 0.3 is 0 Å². The zero-order valence-corrected chi connectivity index (χ0v) is 16.4. The molecule has 1 aromatic heterocycles. The molecule has 0 amide bonds. The molecule has 7 nitrogen and oxygen atoms in total. The number of methoxy groups -OCH3 is 1. The van der Waals surface area contributed by atoms with E-state index in [2.05, 4.69) is 20.6 Å². The fraction of sp³-hybridized carbons (Fsp3) is 0.412. The van der Waals surface area contributed by atoms with E-state index in [9.17, 15) is 8.42 Å². The lowest BCUT2D eigenvalue weighted by Crippen LogP contribution is -2.22. The van der Waals surface area contributed by atoms with Crippen molar-refractivity contribution in [2.24, 2.45) is 0 Å². The van der Waals surface area contributed by atoms with Crippen LogP contribution >= 0.6 is 11.6 Å². The summed E-state index contributed by atoms with van der Waals surface area (Å²) < 4.78 is 28.6. The van der Waals surface area contributed by atoms with Gasteiger partial charge in [-0.15, -0.1) is 0 Å². The molecule has 0 radical (unpaired) electrons. The molecule has 0 saturated carbocycles. The quantitative estimate of drug-likeness (QED) is 0.801. The summed E-state index contributed by atoms with van der Waals surface area (Å²) >= 11 is 6.14. The molecule has 0 spiro atoms. The molecule has 1 aliphatic heterocycles. The number of sulfone groups is 1. The van der Waals surface area contributed by atoms with Crippen molar-refractivity contribution in [3.8, 4) is 5.75 Å². The van der Waals surface area contributed by atoms with Crippen LogP contribution in [0, 0.1) is 13.8 Å². The zero-order valence-electron chi connectivity index (χ0n) is 14.8. The minimum absolute atomic E-state index is 0.108. The number of hydrogen-bond donors (Lipinski definition) is 2. The van der Waals surface area contributed by atoms with Crippen LogP contribution in [0.5, 0.6) is 5.75 Å². The maximum absolute atomic E-state index is 11.6. The highest BCUT2D eigenvalue weighted by Gasteiger charge is 2.28. The lowest BCUT2D eigenvalue weighted by Gasteiger charge is -2.15. The lowest BCUT2D eigenvalue weighted by molar-refractivity contribution is 0.416. The summed E-state index contributed by atoms with van der Waals surface area (Å²) in [6, 6.07) is 5.27. The SMILES string of the molecule is COc1cc(Cl)c(C)cc1Nc1cc(C)nc(NC2CCS(=O)(=O)C2)n1. The van der Waals surface area contributed by atoms with Gasteiger partial charge in [-0.3, -0.25) is 0 Å². The number of anilines is 3. The summed E-state index contributed by atoms with van der Waals surface area (Å²) in [5.74, 6) is 1.90. The molecule has 1 atom stereocenters. The number of rotatable bonds is 5. The Morgan fingerprint density at radius 1 is 1.23 bits per heavy atom. The van der Waals surface area contributed by atoms with Crippen LogP contribution in [0.15, 0.2) is 18.2 Å². The van der Waals surface area contributed by atoms with Gasteiger partial charge in [-0.05, 0) is 31.9 Å². The van der Waals surface area contributed by atoms with Crippen LogP contribution < -0.4 is 15.4 Å². The second kappa shape index (κ2) is 7.28. The van der Waals surface area contributed by atoms with Crippen LogP contribution in [0.1, 0.15) is 17.7 Å². The number of halogens is 1. The highest BCUT2D eigenvalue weighted by molar-refractivity contribution is 7.91. The lowest BCUT2D eigenvalue weighted by atomic mass is 10.2. The third-order valence-electron chi connectivity index (χ3n) is 4.16. The van der Waals surface area contributed by atoms with Gasteiger partial charge in [-0.1, -0.05) is 11.6 Å². The van der Waals surface area contributed by atoms with Crippen molar-refractivity contribution >= 4 is 38.9 Å². The zero-order chi connectivity index (χ0) is 18.9. The third kappa shape index (κ3) is 4.37. The van der Waals surface area contributed by atoms with Crippen LogP contribution in [0.4, 0.5) is 17.5 Å². The van der Waals surface area contributed by atoms with E-state index < -0.39 is 9.84 Å². The Hall–Kier alpha value is -2.06. The van der Waals surface area contributed by atoms with Crippen LogP contribution in [0.3, 0.4) is 0 Å². The maximum Gasteiger partial charge on any atom is 0.225 e. The van der Waals surface area contributed by atoms with Crippen LogP contribution in [-0.4, -0.2) is 43.0 Å². The largest absolute Gasteiger partial charge is 0.495 e. The average molecular weight is 397 g/mol. The molecule has 26 heavy (non-hydrogen) atoms. The Bertz CT molecular complexity index is 934. The molecular weight excluding hydrogens is 376 g/mol. The Morgan fingerprint density at radius 2 is 2.00 bits per heavy atom. The number of hydrogen-bond acceptors (Lipinski definition) is 7. The Kier molecular flexibility index (Phi) is 5.24. The number of benzene rings is 1. The molecule has 0 bridgehead atoms. The van der Waals surface area contributed by atoms with Crippen molar-refractivity contribution in [3.05, 3.63) is 34.5 Å². The first-order valence-corrected chi connectivity index (χ1v) is 10.4. The molecule has 0 aliphatic carbocycles. The Morgan fingerprint density at radius 3 is 2.65 bits per heavy atom. The summed E-state index contributed by atoms with van der Waals surface area (Å²) in [5, 5.41) is 6.96. The molecule has 1 saturated heterocycles. The molecule has 2 N–H and O–H groups in total. The van der Waals surface area contributed by atoms with Gasteiger partial charge in [0.05, 0.1) is 24.3 Å². The van der Waals surface area contributed by atoms with Gasteiger partial charge in [0.2, 0.25) is 5.95 Å². The Labute approximate surface area is 158 Å². The third-order valence-corrected chi connectivity index (χ3v) is 6.34. The molecule has 3 rings (SSSR count). The summed E-state index contributed by atoms with van der Waals surface area (Å²) in [7, 11) is -1.39. The van der Waals surface area contributed by atoms with E-state index >= 15 is 0 Å². The molecule has 9 heteroatoms. The number of aryl methyl sites for hydroxylation is 2. The highest BCUT2D eigenvalue weighted by atomic mass is 35.5. The van der Waals surface area contributed by atoms with Gasteiger partial charge in [-0.25, -0.2) is 13.4 Å². The normalized spacial score (nSPS) is 18.5. The number of nitrogens with one attached hydrogen (secondary N) is 2. The van der Waals surface area contributed by atoms with Crippen LogP contribution in [0.2, 0.25) is 5.02 Å². The number of nitrogens with zero attached hydrogens (tertiary/aromatic N) is 2. The fourth-order valence-electron chi connectivity index (χ4n) is 2.86. The summed E-state index contributed by atoms with van der Waals surface area (Å²) in [5.41, 5.74) is 2.41. The minimum Gasteiger partial charge on any atom is -0.495 e. The van der Waals surface area contributed by atoms with E-state index in [0.29, 0.717) is 29.0 Å². The van der Waals surface area contributed by atoms with Crippen LogP contribution in [0.25, 0.3) is 0 Å². The second-order valence-electron chi connectivity index (χ2n) is 6.39. The average Bonchev–Trinajstić information content (AvgIpc) is 2.88. The highest BCUT2D eigenvalue weighted by Crippen LogP contribution is 2.33. The first-order valence-electron chi connectivity index (χ1n) is 8.19. The van der Waals surface area contributed by atoms with Crippen molar-refractivity contribution in [3.63, 3.8) is 0 Å². The molecule has 2 heterocycles. The first-order chi connectivity index (χ1) is 12.3. The summed E-state index contributed by atoms with van der Waals surface area (Å²) in [6.45, 7) is 3.76. The first kappa shape index (κ1) is 18.7. The molecule has 1 aliphatic rings. The number of aromatic nitrogens is 2. The van der Waals surface area contributed by atoms with Crippen molar-refractivity contribution in [2.45, 2.75) is 26.3 Å². The van der Waals surface area contributed by atoms with Gasteiger partial charge in [0.25, 0.3) is 0 Å². The van der Waals surface area contributed by atoms with Crippen molar-refractivity contribution in [2.75, 3.05) is 29.2 Å². The molecule has 2 aromatic rings. The van der Waals surface area contributed by atoms with Crippen molar-refractivity contribution in [1.82, 2.24) is 9.97 Å². The maximum atomic E-state index is 11.6. The van der Waals surface area contributed by atoms with E-state index in [4.69, 9.17) is 16.3 Å². The molecular formula is C17H21ClN4O3S. The monoisotopic (exact) mass is 396 g/mol. The van der Waals surface area contributed by atoms with E-state index in [1.54, 1.807) is 19.2 Å². The van der Waals surface area contributed by atoms with E-state index in [1.165, 1.54) is 0 Å². The predicted octanol–water partition coefficient (Wildman–Crippen LogP) is 3.10. The van der Waals surface area contributed by atoms with Crippen molar-refractivity contribution in [1.29, 1.82) is 0 Å². The predicted molar refractivity (Wildman–Crippen MR) is 103 cm³/mol. The Balaban J connectivity index is 1.83. The summed E-state index contributed by atoms with van der Waals surface area (Å²) in [6.07, 6.45) is 0.562. The van der Waals surface area contributed by atoms with E-state index in [1.807, 2.05) is 19.9 Å². The van der Waals surface area contributed by atoms with E-state index in [0.717, 1.165) is 16.9 Å². The van der Waals surface area contributed by atoms with Gasteiger partial charge in [0, 0.05) is 28.9 Å². The van der Waals surface area contributed by atoms with E-state index in [-0.39, 0.29) is 17.5 Å². The van der Waals surface area contributed by atoms with Gasteiger partial charge < -0.3 is 15.4 Å². The van der Waals surface area contributed by atoms with Gasteiger partial charge in [0.15, 0.2) is 9.84 Å². The second-order valence-corrected chi connectivity index (χ2v) is 9.03. The smallest absolute Gasteiger partial charge is 0.225 e. The molecule has 1 fully saturated rings. The molecule has 1 unspecified atom stereocenters. The van der Waals surface area contributed by atoms with Crippen LogP contribution in [-0.2, 0) is 9.84 Å². The van der Waals surface area contributed by atoms with Crippen molar-refractivity contribution < 1.29 is 13.2 Å².